The maximum atomic E-state index is 4.07. The van der Waals surface area contributed by atoms with Crippen LogP contribution in [0.4, 0.5) is 5.69 Å². The van der Waals surface area contributed by atoms with Crippen molar-refractivity contribution < 1.29 is 0 Å². The zero-order chi connectivity index (χ0) is 13.7. The molecule has 2 aromatic rings. The topological polar surface area (TPSA) is 16.1 Å². The quantitative estimate of drug-likeness (QED) is 0.765. The number of pyridine rings is 1. The Kier molecular flexibility index (Phi) is 4.56. The number of hydrogen-bond donors (Lipinski definition) is 0. The van der Waals surface area contributed by atoms with Gasteiger partial charge in [0.2, 0.25) is 0 Å². The van der Waals surface area contributed by atoms with Crippen molar-refractivity contribution in [1.29, 1.82) is 0 Å². The minimum Gasteiger partial charge on any atom is -0.367 e. The van der Waals surface area contributed by atoms with Crippen LogP contribution in [0.15, 0.2) is 42.7 Å². The molecule has 1 aromatic carbocycles. The van der Waals surface area contributed by atoms with Crippen LogP contribution < -0.4 is 4.90 Å². The van der Waals surface area contributed by atoms with Crippen LogP contribution >= 0.6 is 0 Å². The fourth-order valence-corrected chi connectivity index (χ4v) is 2.46. The first kappa shape index (κ1) is 13.6. The summed E-state index contributed by atoms with van der Waals surface area (Å²) in [5, 5.41) is 0. The molecule has 2 heteroatoms. The Balaban J connectivity index is 0.000000637. The summed E-state index contributed by atoms with van der Waals surface area (Å²) < 4.78 is 0. The first-order chi connectivity index (χ1) is 9.33. The number of benzene rings is 1. The number of hydrogen-bond acceptors (Lipinski definition) is 2. The van der Waals surface area contributed by atoms with Crippen molar-refractivity contribution in [1.82, 2.24) is 4.98 Å². The number of aryl methyl sites for hydroxylation is 1. The third kappa shape index (κ3) is 3.14. The molecule has 2 nitrogen and oxygen atoms in total. The molecule has 0 saturated carbocycles. The molecule has 100 valence electrons. The first-order valence-electron chi connectivity index (χ1n) is 7.06. The minimum atomic E-state index is 1.01. The highest BCUT2D eigenvalue weighted by atomic mass is 15.1. The lowest BCUT2D eigenvalue weighted by molar-refractivity contribution is 0.730. The molecule has 0 bridgehead atoms. The van der Waals surface area contributed by atoms with Gasteiger partial charge in [-0.05, 0) is 36.6 Å². The van der Waals surface area contributed by atoms with Crippen molar-refractivity contribution in [2.24, 2.45) is 0 Å². The van der Waals surface area contributed by atoms with Gasteiger partial charge in [0.05, 0.1) is 0 Å². The first-order valence-corrected chi connectivity index (χ1v) is 7.06. The van der Waals surface area contributed by atoms with Gasteiger partial charge in [-0.2, -0.15) is 0 Å². The van der Waals surface area contributed by atoms with Crippen LogP contribution in [0.5, 0.6) is 0 Å². The fourth-order valence-electron chi connectivity index (χ4n) is 2.46. The van der Waals surface area contributed by atoms with Crippen LogP contribution in [0.2, 0.25) is 0 Å². The summed E-state index contributed by atoms with van der Waals surface area (Å²) in [5.41, 5.74) is 5.58. The number of rotatable bonds is 1. The Morgan fingerprint density at radius 3 is 2.47 bits per heavy atom. The molecule has 0 spiro atoms. The van der Waals surface area contributed by atoms with E-state index in [-0.39, 0.29) is 0 Å². The van der Waals surface area contributed by atoms with Gasteiger partial charge in [-0.1, -0.05) is 37.6 Å². The van der Waals surface area contributed by atoms with E-state index in [1.807, 2.05) is 26.2 Å². The Morgan fingerprint density at radius 2 is 1.74 bits per heavy atom. The van der Waals surface area contributed by atoms with Gasteiger partial charge in [-0.3, -0.25) is 4.98 Å². The van der Waals surface area contributed by atoms with Crippen LogP contribution in [0, 0.1) is 6.92 Å². The van der Waals surface area contributed by atoms with Gasteiger partial charge in [0.15, 0.2) is 0 Å². The van der Waals surface area contributed by atoms with E-state index in [9.17, 15) is 0 Å². The van der Waals surface area contributed by atoms with Crippen LogP contribution in [0.3, 0.4) is 0 Å². The Bertz CT molecular complexity index is 520. The van der Waals surface area contributed by atoms with Gasteiger partial charge >= 0.3 is 0 Å². The molecule has 0 fully saturated rings. The third-order valence-electron chi connectivity index (χ3n) is 3.40. The van der Waals surface area contributed by atoms with E-state index in [4.69, 9.17) is 0 Å². The van der Waals surface area contributed by atoms with Crippen LogP contribution in [-0.4, -0.2) is 11.5 Å². The van der Waals surface area contributed by atoms with Crippen molar-refractivity contribution >= 4 is 5.69 Å². The van der Waals surface area contributed by atoms with Crippen LogP contribution in [0.1, 0.15) is 30.5 Å². The molecule has 2 heterocycles. The van der Waals surface area contributed by atoms with Gasteiger partial charge in [0.25, 0.3) is 0 Å². The molecule has 0 atom stereocenters. The van der Waals surface area contributed by atoms with Crippen molar-refractivity contribution in [3.05, 3.63) is 59.4 Å². The van der Waals surface area contributed by atoms with E-state index in [1.54, 1.807) is 0 Å². The second-order valence-corrected chi connectivity index (χ2v) is 4.65. The van der Waals surface area contributed by atoms with Gasteiger partial charge in [0, 0.05) is 31.2 Å². The number of aromatic nitrogens is 1. The lowest BCUT2D eigenvalue weighted by Crippen LogP contribution is -2.30. The largest absolute Gasteiger partial charge is 0.367 e. The maximum Gasteiger partial charge on any atom is 0.0432 e. The third-order valence-corrected chi connectivity index (χ3v) is 3.40. The van der Waals surface area contributed by atoms with Crippen LogP contribution in [0.25, 0.3) is 0 Å². The highest BCUT2D eigenvalue weighted by molar-refractivity contribution is 5.48. The number of fused-ring (bicyclic) bond motifs is 1. The van der Waals surface area contributed by atoms with Crippen molar-refractivity contribution in [3.8, 4) is 0 Å². The number of anilines is 1. The molecule has 19 heavy (non-hydrogen) atoms. The molecular weight excluding hydrogens is 232 g/mol. The van der Waals surface area contributed by atoms with Crippen molar-refractivity contribution in [2.75, 3.05) is 11.4 Å². The van der Waals surface area contributed by atoms with Crippen molar-refractivity contribution in [3.63, 3.8) is 0 Å². The molecule has 0 radical (unpaired) electrons. The zero-order valence-corrected chi connectivity index (χ0v) is 12.1. The summed E-state index contributed by atoms with van der Waals surface area (Å²) in [6, 6.07) is 11.0. The molecule has 1 aromatic heterocycles. The monoisotopic (exact) mass is 254 g/mol. The zero-order valence-electron chi connectivity index (χ0n) is 12.1. The second-order valence-electron chi connectivity index (χ2n) is 4.65. The SMILES string of the molecule is CC.Cc1ccc2c(c1)CN(c1ccncc1)CC2. The Labute approximate surface area is 116 Å². The lowest BCUT2D eigenvalue weighted by Gasteiger charge is -2.30. The smallest absolute Gasteiger partial charge is 0.0432 e. The summed E-state index contributed by atoms with van der Waals surface area (Å²) in [5.74, 6) is 0. The molecule has 1 aliphatic heterocycles. The average molecular weight is 254 g/mol. The average Bonchev–Trinajstić information content (AvgIpc) is 2.49. The molecule has 1 aliphatic rings. The maximum absolute atomic E-state index is 4.07. The molecule has 0 amide bonds. The summed E-state index contributed by atoms with van der Waals surface area (Å²) in [6.07, 6.45) is 4.86. The second kappa shape index (κ2) is 6.37. The highest BCUT2D eigenvalue weighted by Crippen LogP contribution is 2.24. The normalized spacial score (nSPS) is 13.3. The number of nitrogens with zero attached hydrogens (tertiary/aromatic N) is 2. The van der Waals surface area contributed by atoms with Gasteiger partial charge in [-0.15, -0.1) is 0 Å². The van der Waals surface area contributed by atoms with Gasteiger partial charge in [-0.25, -0.2) is 0 Å². The standard InChI is InChI=1S/C15H16N2.C2H6/c1-12-2-3-13-6-9-17(11-14(13)10-12)15-4-7-16-8-5-15;1-2/h2-5,7-8,10H,6,9,11H2,1H3;1-2H3. The molecule has 3 rings (SSSR count). The van der Waals surface area contributed by atoms with E-state index in [0.29, 0.717) is 0 Å². The Hall–Kier alpha value is -1.83. The van der Waals surface area contributed by atoms with E-state index in [0.717, 1.165) is 19.5 Å². The molecular formula is C17H22N2. The molecule has 0 aliphatic carbocycles. The van der Waals surface area contributed by atoms with Crippen LogP contribution in [-0.2, 0) is 13.0 Å². The highest BCUT2D eigenvalue weighted by Gasteiger charge is 2.16. The Morgan fingerprint density at radius 1 is 1.00 bits per heavy atom. The minimum absolute atomic E-state index is 1.01. The van der Waals surface area contributed by atoms with E-state index < -0.39 is 0 Å². The summed E-state index contributed by atoms with van der Waals surface area (Å²) in [4.78, 5) is 6.49. The van der Waals surface area contributed by atoms with Gasteiger partial charge in [0.1, 0.15) is 0 Å². The van der Waals surface area contributed by atoms with E-state index in [2.05, 4.69) is 47.1 Å². The summed E-state index contributed by atoms with van der Waals surface area (Å²) in [7, 11) is 0. The predicted molar refractivity (Wildman–Crippen MR) is 81.5 cm³/mol. The van der Waals surface area contributed by atoms with E-state index in [1.165, 1.54) is 22.4 Å². The van der Waals surface area contributed by atoms with Crippen molar-refractivity contribution in [2.45, 2.75) is 33.7 Å². The predicted octanol–water partition coefficient (Wildman–Crippen LogP) is 3.98. The van der Waals surface area contributed by atoms with E-state index >= 15 is 0 Å². The summed E-state index contributed by atoms with van der Waals surface area (Å²) >= 11 is 0. The van der Waals surface area contributed by atoms with Gasteiger partial charge < -0.3 is 4.90 Å². The molecule has 0 saturated heterocycles. The fraction of sp³-hybridized carbons (Fsp3) is 0.353. The summed E-state index contributed by atoms with van der Waals surface area (Å²) in [6.45, 7) is 8.27. The molecule has 0 unspecified atom stereocenters. The lowest BCUT2D eigenvalue weighted by atomic mass is 9.97. The molecule has 0 N–H and O–H groups in total.